The van der Waals surface area contributed by atoms with Crippen molar-refractivity contribution in [3.05, 3.63) is 22.4 Å². The molecule has 1 aromatic heterocycles. The van der Waals surface area contributed by atoms with Crippen LogP contribution in [0.1, 0.15) is 28.9 Å². The molecular formula is C15H21N3O2S. The Morgan fingerprint density at radius 3 is 3.00 bits per heavy atom. The predicted molar refractivity (Wildman–Crippen MR) is 82.4 cm³/mol. The van der Waals surface area contributed by atoms with Crippen LogP contribution in [0.4, 0.5) is 0 Å². The van der Waals surface area contributed by atoms with Crippen LogP contribution in [0.3, 0.4) is 0 Å². The van der Waals surface area contributed by atoms with Gasteiger partial charge in [0.2, 0.25) is 5.91 Å². The van der Waals surface area contributed by atoms with E-state index >= 15 is 0 Å². The fourth-order valence-corrected chi connectivity index (χ4v) is 4.02. The van der Waals surface area contributed by atoms with Gasteiger partial charge in [-0.05, 0) is 31.3 Å². The van der Waals surface area contributed by atoms with Gasteiger partial charge < -0.3 is 10.2 Å². The maximum absolute atomic E-state index is 12.6. The SMILES string of the molecule is CN1CCN(C(=O)c2cccs2)C[C@]12CCNC(=O)CC2. The van der Waals surface area contributed by atoms with E-state index in [2.05, 4.69) is 17.3 Å². The summed E-state index contributed by atoms with van der Waals surface area (Å²) < 4.78 is 0. The maximum Gasteiger partial charge on any atom is 0.264 e. The molecule has 0 radical (unpaired) electrons. The minimum Gasteiger partial charge on any atom is -0.356 e. The number of carbonyl (C=O) groups is 2. The summed E-state index contributed by atoms with van der Waals surface area (Å²) in [5.74, 6) is 0.253. The zero-order chi connectivity index (χ0) is 14.9. The van der Waals surface area contributed by atoms with Crippen LogP contribution in [0.15, 0.2) is 17.5 Å². The molecule has 2 aliphatic heterocycles. The number of hydrogen-bond acceptors (Lipinski definition) is 4. The van der Waals surface area contributed by atoms with Gasteiger partial charge in [-0.2, -0.15) is 0 Å². The highest BCUT2D eigenvalue weighted by molar-refractivity contribution is 7.12. The Bertz CT molecular complexity index is 531. The molecule has 1 atom stereocenters. The van der Waals surface area contributed by atoms with Crippen LogP contribution in [0.5, 0.6) is 0 Å². The van der Waals surface area contributed by atoms with Gasteiger partial charge in [0.15, 0.2) is 0 Å². The van der Waals surface area contributed by atoms with E-state index in [-0.39, 0.29) is 17.4 Å². The lowest BCUT2D eigenvalue weighted by Crippen LogP contribution is -2.62. The highest BCUT2D eigenvalue weighted by Crippen LogP contribution is 2.31. The van der Waals surface area contributed by atoms with Crippen LogP contribution in [0.25, 0.3) is 0 Å². The third-order valence-electron chi connectivity index (χ3n) is 4.75. The summed E-state index contributed by atoms with van der Waals surface area (Å²) in [4.78, 5) is 29.3. The van der Waals surface area contributed by atoms with Gasteiger partial charge in [0.25, 0.3) is 5.91 Å². The van der Waals surface area contributed by atoms with Crippen molar-refractivity contribution in [2.75, 3.05) is 33.2 Å². The lowest BCUT2D eigenvalue weighted by molar-refractivity contribution is -0.121. The molecule has 0 bridgehead atoms. The molecule has 1 N–H and O–H groups in total. The largest absolute Gasteiger partial charge is 0.356 e. The molecule has 2 fully saturated rings. The molecule has 1 aromatic rings. The number of nitrogens with zero attached hydrogens (tertiary/aromatic N) is 2. The van der Waals surface area contributed by atoms with Crippen LogP contribution in [0.2, 0.25) is 0 Å². The van der Waals surface area contributed by atoms with Crippen molar-refractivity contribution in [1.29, 1.82) is 0 Å². The average molecular weight is 307 g/mol. The Hall–Kier alpha value is -1.40. The number of nitrogens with one attached hydrogen (secondary N) is 1. The second-order valence-electron chi connectivity index (χ2n) is 5.95. The van der Waals surface area contributed by atoms with Crippen molar-refractivity contribution in [2.45, 2.75) is 24.8 Å². The first-order chi connectivity index (χ1) is 10.1. The summed E-state index contributed by atoms with van der Waals surface area (Å²) >= 11 is 1.49. The topological polar surface area (TPSA) is 52.6 Å². The molecule has 0 unspecified atom stereocenters. The van der Waals surface area contributed by atoms with Gasteiger partial charge in [0, 0.05) is 38.1 Å². The van der Waals surface area contributed by atoms with Crippen LogP contribution >= 0.6 is 11.3 Å². The summed E-state index contributed by atoms with van der Waals surface area (Å²) in [6.45, 7) is 3.04. The lowest BCUT2D eigenvalue weighted by Gasteiger charge is -2.49. The minimum absolute atomic E-state index is 0.0651. The molecule has 1 spiro atoms. The number of carbonyl (C=O) groups excluding carboxylic acids is 2. The summed E-state index contributed by atoms with van der Waals surface area (Å²) in [5, 5.41) is 4.88. The zero-order valence-corrected chi connectivity index (χ0v) is 13.1. The Morgan fingerprint density at radius 1 is 1.38 bits per heavy atom. The Kier molecular flexibility index (Phi) is 3.99. The highest BCUT2D eigenvalue weighted by atomic mass is 32.1. The molecule has 2 amide bonds. The normalized spacial score (nSPS) is 27.5. The first kappa shape index (κ1) is 14.5. The van der Waals surface area contributed by atoms with Crippen molar-refractivity contribution in [3.63, 3.8) is 0 Å². The monoisotopic (exact) mass is 307 g/mol. The van der Waals surface area contributed by atoms with Crippen molar-refractivity contribution < 1.29 is 9.59 Å². The van der Waals surface area contributed by atoms with E-state index in [1.54, 1.807) is 0 Å². The van der Waals surface area contributed by atoms with Crippen molar-refractivity contribution in [2.24, 2.45) is 0 Å². The summed E-state index contributed by atoms with van der Waals surface area (Å²) in [6, 6.07) is 3.80. The predicted octanol–water partition coefficient (Wildman–Crippen LogP) is 1.17. The molecule has 21 heavy (non-hydrogen) atoms. The van der Waals surface area contributed by atoms with Gasteiger partial charge in [0.1, 0.15) is 0 Å². The fourth-order valence-electron chi connectivity index (χ4n) is 3.33. The number of piperazine rings is 1. The van der Waals surface area contributed by atoms with Gasteiger partial charge >= 0.3 is 0 Å². The Labute approximate surface area is 128 Å². The van der Waals surface area contributed by atoms with Crippen LogP contribution in [0, 0.1) is 0 Å². The van der Waals surface area contributed by atoms with Crippen molar-refractivity contribution >= 4 is 23.2 Å². The van der Waals surface area contributed by atoms with E-state index in [1.807, 2.05) is 22.4 Å². The first-order valence-corrected chi connectivity index (χ1v) is 8.29. The van der Waals surface area contributed by atoms with Gasteiger partial charge in [-0.3, -0.25) is 14.5 Å². The number of hydrogen-bond donors (Lipinski definition) is 1. The lowest BCUT2D eigenvalue weighted by atomic mass is 9.86. The fraction of sp³-hybridized carbons (Fsp3) is 0.600. The first-order valence-electron chi connectivity index (χ1n) is 7.41. The second kappa shape index (κ2) is 5.77. The number of thiophene rings is 1. The van der Waals surface area contributed by atoms with Gasteiger partial charge in [0.05, 0.1) is 4.88 Å². The van der Waals surface area contributed by atoms with Crippen LogP contribution < -0.4 is 5.32 Å². The van der Waals surface area contributed by atoms with Crippen LogP contribution in [-0.2, 0) is 4.79 Å². The highest BCUT2D eigenvalue weighted by Gasteiger charge is 2.42. The average Bonchev–Trinajstić information content (AvgIpc) is 2.95. The molecule has 114 valence electrons. The summed E-state index contributed by atoms with van der Waals surface area (Å²) in [5.41, 5.74) is -0.0651. The zero-order valence-electron chi connectivity index (χ0n) is 12.3. The molecule has 3 rings (SSSR count). The number of amides is 2. The molecular weight excluding hydrogens is 286 g/mol. The van der Waals surface area contributed by atoms with Gasteiger partial charge in [-0.1, -0.05) is 6.07 Å². The molecule has 0 saturated carbocycles. The molecule has 6 heteroatoms. The van der Waals surface area contributed by atoms with E-state index in [1.165, 1.54) is 11.3 Å². The second-order valence-corrected chi connectivity index (χ2v) is 6.90. The summed E-state index contributed by atoms with van der Waals surface area (Å²) in [6.07, 6.45) is 2.28. The molecule has 5 nitrogen and oxygen atoms in total. The molecule has 0 aromatic carbocycles. The van der Waals surface area contributed by atoms with Gasteiger partial charge in [-0.15, -0.1) is 11.3 Å². The smallest absolute Gasteiger partial charge is 0.264 e. The third kappa shape index (κ3) is 2.82. The molecule has 2 saturated heterocycles. The number of rotatable bonds is 1. The quantitative estimate of drug-likeness (QED) is 0.847. The summed E-state index contributed by atoms with van der Waals surface area (Å²) in [7, 11) is 2.11. The van der Waals surface area contributed by atoms with Crippen LogP contribution in [-0.4, -0.2) is 60.4 Å². The Balaban J connectivity index is 1.78. The van der Waals surface area contributed by atoms with Crippen molar-refractivity contribution in [3.8, 4) is 0 Å². The third-order valence-corrected chi connectivity index (χ3v) is 5.61. The Morgan fingerprint density at radius 2 is 2.24 bits per heavy atom. The van der Waals surface area contributed by atoms with Gasteiger partial charge in [-0.25, -0.2) is 0 Å². The standard InChI is InChI=1S/C15H21N3O2S/c1-17-8-9-18(14(20)12-3-2-10-21-12)11-15(17)5-4-13(19)16-7-6-15/h2-3,10H,4-9,11H2,1H3,(H,16,19)/t15-/m0/s1. The number of likely N-dealkylation sites (N-methyl/N-ethyl adjacent to an activating group) is 1. The molecule has 3 heterocycles. The maximum atomic E-state index is 12.6. The van der Waals surface area contributed by atoms with E-state index in [9.17, 15) is 9.59 Å². The van der Waals surface area contributed by atoms with E-state index < -0.39 is 0 Å². The van der Waals surface area contributed by atoms with Crippen molar-refractivity contribution in [1.82, 2.24) is 15.1 Å². The van der Waals surface area contributed by atoms with E-state index in [4.69, 9.17) is 0 Å². The van der Waals surface area contributed by atoms with E-state index in [0.29, 0.717) is 13.0 Å². The molecule has 0 aliphatic carbocycles. The van der Waals surface area contributed by atoms with E-state index in [0.717, 1.165) is 37.4 Å². The molecule has 2 aliphatic rings. The minimum atomic E-state index is -0.0651.